The zero-order valence-electron chi connectivity index (χ0n) is 18.4. The van der Waals surface area contributed by atoms with E-state index in [-0.39, 0.29) is 40.7 Å². The van der Waals surface area contributed by atoms with Gasteiger partial charge in [-0.15, -0.1) is 0 Å². The summed E-state index contributed by atoms with van der Waals surface area (Å²) >= 11 is 0. The van der Waals surface area contributed by atoms with Crippen LogP contribution in [-0.2, 0) is 4.74 Å². The molecular formula is C24H21NO9. The molecule has 3 rings (SSSR count). The van der Waals surface area contributed by atoms with Crippen LogP contribution in [0.3, 0.4) is 0 Å². The molecule has 10 heteroatoms. The highest BCUT2D eigenvalue weighted by Crippen LogP contribution is 2.27. The average molecular weight is 467 g/mol. The number of rotatable bonds is 10. The first-order valence-corrected chi connectivity index (χ1v) is 10.00. The van der Waals surface area contributed by atoms with E-state index in [1.54, 1.807) is 12.1 Å². The fourth-order valence-corrected chi connectivity index (χ4v) is 2.78. The first kappa shape index (κ1) is 24.2. The van der Waals surface area contributed by atoms with Gasteiger partial charge in [0.15, 0.2) is 0 Å². The zero-order chi connectivity index (χ0) is 24.5. The van der Waals surface area contributed by atoms with Crippen molar-refractivity contribution in [3.8, 4) is 23.0 Å². The number of carbonyl (C=O) groups excluding carboxylic acids is 2. The van der Waals surface area contributed by atoms with Gasteiger partial charge in [0.1, 0.15) is 35.2 Å². The van der Waals surface area contributed by atoms with Gasteiger partial charge >= 0.3 is 11.9 Å². The predicted octanol–water partition coefficient (Wildman–Crippen LogP) is 4.07. The Kier molecular flexibility index (Phi) is 8.14. The molecule has 0 amide bonds. The Morgan fingerprint density at radius 2 is 1.38 bits per heavy atom. The standard InChI is InChI=1S/C24H21NO9/c1-30-13-14-32-22-15-20(31-2)11-12-21(22)24(27)34-18-7-3-16(4-8-18)23(26)33-19-9-5-17(6-10-19)25(28)29/h3-12,15H,13-14H2,1-2H3. The van der Waals surface area contributed by atoms with Gasteiger partial charge in [0.05, 0.1) is 24.2 Å². The Morgan fingerprint density at radius 3 is 1.97 bits per heavy atom. The molecule has 0 saturated carbocycles. The lowest BCUT2D eigenvalue weighted by Gasteiger charge is -2.12. The number of nitrogens with zero attached hydrogens (tertiary/aromatic N) is 1. The molecule has 0 saturated heterocycles. The molecule has 0 aliphatic rings. The van der Waals surface area contributed by atoms with Crippen LogP contribution in [0.25, 0.3) is 0 Å². The first-order valence-electron chi connectivity index (χ1n) is 10.00. The monoisotopic (exact) mass is 467 g/mol. The Balaban J connectivity index is 1.66. The predicted molar refractivity (Wildman–Crippen MR) is 120 cm³/mol. The summed E-state index contributed by atoms with van der Waals surface area (Å²) < 4.78 is 26.3. The molecule has 3 aromatic rings. The summed E-state index contributed by atoms with van der Waals surface area (Å²) in [4.78, 5) is 35.2. The van der Waals surface area contributed by atoms with Crippen molar-refractivity contribution in [2.75, 3.05) is 27.4 Å². The quantitative estimate of drug-likeness (QED) is 0.143. The van der Waals surface area contributed by atoms with E-state index < -0.39 is 16.9 Å². The minimum atomic E-state index is -0.671. The van der Waals surface area contributed by atoms with Crippen molar-refractivity contribution in [3.05, 3.63) is 88.0 Å². The van der Waals surface area contributed by atoms with Gasteiger partial charge in [-0.25, -0.2) is 9.59 Å². The van der Waals surface area contributed by atoms with Crippen molar-refractivity contribution in [2.45, 2.75) is 0 Å². The highest BCUT2D eigenvalue weighted by Gasteiger charge is 2.17. The van der Waals surface area contributed by atoms with Crippen LogP contribution in [0.2, 0.25) is 0 Å². The number of nitro groups is 1. The smallest absolute Gasteiger partial charge is 0.347 e. The van der Waals surface area contributed by atoms with Crippen molar-refractivity contribution in [1.82, 2.24) is 0 Å². The van der Waals surface area contributed by atoms with Crippen LogP contribution in [-0.4, -0.2) is 44.3 Å². The fraction of sp³-hybridized carbons (Fsp3) is 0.167. The molecule has 10 nitrogen and oxygen atoms in total. The van der Waals surface area contributed by atoms with Crippen LogP contribution >= 0.6 is 0 Å². The molecule has 0 unspecified atom stereocenters. The van der Waals surface area contributed by atoms with Crippen LogP contribution in [0.5, 0.6) is 23.0 Å². The van der Waals surface area contributed by atoms with Gasteiger partial charge in [-0.3, -0.25) is 10.1 Å². The van der Waals surface area contributed by atoms with Gasteiger partial charge in [-0.1, -0.05) is 0 Å². The first-order chi connectivity index (χ1) is 16.4. The topological polar surface area (TPSA) is 123 Å². The fourth-order valence-electron chi connectivity index (χ4n) is 2.78. The molecule has 0 spiro atoms. The lowest BCUT2D eigenvalue weighted by molar-refractivity contribution is -0.384. The van der Waals surface area contributed by atoms with Crippen LogP contribution in [0, 0.1) is 10.1 Å². The second kappa shape index (κ2) is 11.4. The van der Waals surface area contributed by atoms with Gasteiger partial charge in [0.2, 0.25) is 0 Å². The van der Waals surface area contributed by atoms with Crippen molar-refractivity contribution < 1.29 is 38.2 Å². The van der Waals surface area contributed by atoms with Crippen LogP contribution in [0.15, 0.2) is 66.7 Å². The molecule has 0 N–H and O–H groups in total. The van der Waals surface area contributed by atoms with Crippen molar-refractivity contribution >= 4 is 17.6 Å². The zero-order valence-corrected chi connectivity index (χ0v) is 18.4. The van der Waals surface area contributed by atoms with E-state index in [0.717, 1.165) is 0 Å². The largest absolute Gasteiger partial charge is 0.497 e. The van der Waals surface area contributed by atoms with E-state index in [1.165, 1.54) is 68.8 Å². The molecule has 0 bridgehead atoms. The lowest BCUT2D eigenvalue weighted by Crippen LogP contribution is -2.13. The number of benzene rings is 3. The summed E-state index contributed by atoms with van der Waals surface area (Å²) in [6.07, 6.45) is 0. The van der Waals surface area contributed by atoms with Crippen LogP contribution < -0.4 is 18.9 Å². The summed E-state index contributed by atoms with van der Waals surface area (Å²) in [7, 11) is 3.04. The summed E-state index contributed by atoms with van der Waals surface area (Å²) in [5.74, 6) is -0.168. The molecule has 3 aromatic carbocycles. The molecule has 0 radical (unpaired) electrons. The number of non-ortho nitro benzene ring substituents is 1. The van der Waals surface area contributed by atoms with Gasteiger partial charge in [-0.2, -0.15) is 0 Å². The second-order valence-corrected chi connectivity index (χ2v) is 6.76. The van der Waals surface area contributed by atoms with E-state index in [1.807, 2.05) is 0 Å². The summed E-state index contributed by atoms with van der Waals surface area (Å²) in [6.45, 7) is 0.568. The van der Waals surface area contributed by atoms with Crippen molar-refractivity contribution in [2.24, 2.45) is 0 Å². The van der Waals surface area contributed by atoms with Crippen LogP contribution in [0.1, 0.15) is 20.7 Å². The molecule has 34 heavy (non-hydrogen) atoms. The van der Waals surface area contributed by atoms with E-state index in [4.69, 9.17) is 23.7 Å². The summed E-state index contributed by atoms with van der Waals surface area (Å²) in [5, 5.41) is 10.7. The highest BCUT2D eigenvalue weighted by molar-refractivity contribution is 5.94. The Labute approximate surface area is 194 Å². The number of carbonyl (C=O) groups is 2. The number of ether oxygens (including phenoxy) is 5. The average Bonchev–Trinajstić information content (AvgIpc) is 2.84. The molecule has 176 valence electrons. The Bertz CT molecular complexity index is 1160. The van der Waals surface area contributed by atoms with Gasteiger partial charge < -0.3 is 23.7 Å². The van der Waals surface area contributed by atoms with Gasteiger partial charge in [0.25, 0.3) is 5.69 Å². The van der Waals surface area contributed by atoms with E-state index in [0.29, 0.717) is 12.4 Å². The normalized spacial score (nSPS) is 10.3. The second-order valence-electron chi connectivity index (χ2n) is 6.76. The maximum absolute atomic E-state index is 12.7. The third-order valence-electron chi connectivity index (χ3n) is 4.51. The van der Waals surface area contributed by atoms with Crippen molar-refractivity contribution in [3.63, 3.8) is 0 Å². The summed E-state index contributed by atoms with van der Waals surface area (Å²) in [5.41, 5.74) is 0.278. The molecule has 0 atom stereocenters. The number of esters is 2. The molecular weight excluding hydrogens is 446 g/mol. The minimum Gasteiger partial charge on any atom is -0.497 e. The van der Waals surface area contributed by atoms with E-state index in [2.05, 4.69) is 0 Å². The third-order valence-corrected chi connectivity index (χ3v) is 4.51. The molecule has 0 heterocycles. The minimum absolute atomic E-state index is 0.116. The summed E-state index contributed by atoms with van der Waals surface area (Å²) in [6, 6.07) is 15.6. The third kappa shape index (κ3) is 6.30. The molecule has 0 fully saturated rings. The maximum Gasteiger partial charge on any atom is 0.347 e. The number of methoxy groups -OCH3 is 2. The molecule has 0 aliphatic carbocycles. The number of hydrogen-bond acceptors (Lipinski definition) is 9. The Hall–Kier alpha value is -4.44. The van der Waals surface area contributed by atoms with Gasteiger partial charge in [-0.05, 0) is 48.5 Å². The molecule has 0 aromatic heterocycles. The number of hydrogen-bond donors (Lipinski definition) is 0. The number of nitro benzene ring substituents is 1. The Morgan fingerprint density at radius 1 is 0.794 bits per heavy atom. The maximum atomic E-state index is 12.7. The van der Waals surface area contributed by atoms with Crippen molar-refractivity contribution in [1.29, 1.82) is 0 Å². The lowest BCUT2D eigenvalue weighted by atomic mass is 10.2. The molecule has 0 aliphatic heterocycles. The SMILES string of the molecule is COCCOc1cc(OC)ccc1C(=O)Oc1ccc(C(=O)Oc2ccc([N+](=O)[O-])cc2)cc1. The van der Waals surface area contributed by atoms with Crippen LogP contribution in [0.4, 0.5) is 5.69 Å². The highest BCUT2D eigenvalue weighted by atomic mass is 16.6. The van der Waals surface area contributed by atoms with E-state index >= 15 is 0 Å². The van der Waals surface area contributed by atoms with Gasteiger partial charge in [0, 0.05) is 25.3 Å². The van der Waals surface area contributed by atoms with E-state index in [9.17, 15) is 19.7 Å².